The molecule has 7 nitrogen and oxygen atoms in total. The molecular weight excluding hydrogens is 420 g/mol. The largest absolute Gasteiger partial charge is 0.454 e. The number of carbonyl (C=O) groups excluding carboxylic acids is 4. The molecule has 2 aliphatic rings. The quantitative estimate of drug-likeness (QED) is 0.525. The number of amides is 2. The topological polar surface area (TPSA) is 84.0 Å². The van der Waals surface area contributed by atoms with Crippen LogP contribution in [0.5, 0.6) is 0 Å². The molecular formula is C23H21ClN2O5. The van der Waals surface area contributed by atoms with Crippen molar-refractivity contribution in [3.05, 3.63) is 64.7 Å². The summed E-state index contributed by atoms with van der Waals surface area (Å²) in [5.74, 6) is -1.82. The summed E-state index contributed by atoms with van der Waals surface area (Å²) in [6.45, 7) is 3.05. The molecule has 1 unspecified atom stereocenters. The third-order valence-electron chi connectivity index (χ3n) is 5.64. The van der Waals surface area contributed by atoms with Crippen molar-refractivity contribution in [1.82, 2.24) is 4.90 Å². The van der Waals surface area contributed by atoms with Gasteiger partial charge in [0.05, 0.1) is 11.3 Å². The first-order chi connectivity index (χ1) is 14.8. The molecule has 0 bridgehead atoms. The lowest BCUT2D eigenvalue weighted by Crippen LogP contribution is -2.70. The van der Waals surface area contributed by atoms with Crippen LogP contribution in [0.25, 0.3) is 0 Å². The van der Waals surface area contributed by atoms with E-state index in [-0.39, 0.29) is 30.7 Å². The van der Waals surface area contributed by atoms with Crippen LogP contribution in [-0.4, -0.2) is 46.8 Å². The summed E-state index contributed by atoms with van der Waals surface area (Å²) in [5.41, 5.74) is -0.531. The number of ketones is 1. The second kappa shape index (κ2) is 7.81. The Hall–Kier alpha value is -3.19. The Labute approximate surface area is 184 Å². The van der Waals surface area contributed by atoms with Gasteiger partial charge in [0.1, 0.15) is 0 Å². The molecule has 0 aromatic heterocycles. The monoisotopic (exact) mass is 440 g/mol. The van der Waals surface area contributed by atoms with E-state index in [0.29, 0.717) is 21.8 Å². The van der Waals surface area contributed by atoms with Crippen LogP contribution >= 0.6 is 11.6 Å². The fourth-order valence-corrected chi connectivity index (χ4v) is 4.47. The smallest absolute Gasteiger partial charge is 0.354 e. The van der Waals surface area contributed by atoms with Gasteiger partial charge in [0, 0.05) is 29.5 Å². The van der Waals surface area contributed by atoms with Crippen molar-refractivity contribution >= 4 is 40.9 Å². The zero-order chi connectivity index (χ0) is 22.3. The van der Waals surface area contributed by atoms with E-state index >= 15 is 0 Å². The van der Waals surface area contributed by atoms with Gasteiger partial charge >= 0.3 is 5.97 Å². The highest BCUT2D eigenvalue weighted by Gasteiger charge is 2.62. The van der Waals surface area contributed by atoms with Gasteiger partial charge in [0.25, 0.3) is 5.91 Å². The molecule has 2 heterocycles. The molecule has 0 aliphatic carbocycles. The summed E-state index contributed by atoms with van der Waals surface area (Å²) in [6.07, 6.45) is 0.184. The number of hydrogen-bond acceptors (Lipinski definition) is 5. The average molecular weight is 441 g/mol. The summed E-state index contributed by atoms with van der Waals surface area (Å²) < 4.78 is 5.42. The molecule has 2 amide bonds. The second-order valence-corrected chi connectivity index (χ2v) is 8.27. The van der Waals surface area contributed by atoms with Crippen LogP contribution in [0.1, 0.15) is 47.4 Å². The van der Waals surface area contributed by atoms with Gasteiger partial charge in [0.15, 0.2) is 12.4 Å². The number of para-hydroxylation sites is 1. The van der Waals surface area contributed by atoms with Crippen molar-refractivity contribution in [2.24, 2.45) is 0 Å². The fourth-order valence-electron chi connectivity index (χ4n) is 4.34. The molecule has 8 heteroatoms. The fraction of sp³-hybridized carbons (Fsp3) is 0.304. The van der Waals surface area contributed by atoms with Crippen molar-refractivity contribution in [3.63, 3.8) is 0 Å². The predicted octanol–water partition coefficient (Wildman–Crippen LogP) is 3.45. The van der Waals surface area contributed by atoms with Crippen LogP contribution < -0.4 is 4.90 Å². The molecule has 31 heavy (non-hydrogen) atoms. The van der Waals surface area contributed by atoms with Crippen LogP contribution in [0, 0.1) is 0 Å². The molecule has 0 radical (unpaired) electrons. The highest BCUT2D eigenvalue weighted by Crippen LogP contribution is 2.45. The Morgan fingerprint density at radius 1 is 1.10 bits per heavy atom. The van der Waals surface area contributed by atoms with Crippen molar-refractivity contribution in [1.29, 1.82) is 0 Å². The number of hydrogen-bond donors (Lipinski definition) is 0. The SMILES string of the molecule is CC(C)N1C(=O)c2ccccc2N2C(=O)CCC21C(=O)OCC(=O)c1ccc(Cl)cc1. The van der Waals surface area contributed by atoms with E-state index in [9.17, 15) is 19.2 Å². The standard InChI is InChI=1S/C23H21ClN2O5/c1-14(2)25-21(29)17-5-3-4-6-18(17)26-20(28)11-12-23(25,26)22(30)31-13-19(27)15-7-9-16(24)10-8-15/h3-10,14H,11-13H2,1-2H3. The highest BCUT2D eigenvalue weighted by atomic mass is 35.5. The number of nitrogens with zero attached hydrogens (tertiary/aromatic N) is 2. The number of ether oxygens (including phenoxy) is 1. The third kappa shape index (κ3) is 3.29. The lowest BCUT2D eigenvalue weighted by molar-refractivity contribution is -0.157. The molecule has 1 fully saturated rings. The Morgan fingerprint density at radius 3 is 2.45 bits per heavy atom. The Balaban J connectivity index is 1.69. The molecule has 0 N–H and O–H groups in total. The van der Waals surface area contributed by atoms with Gasteiger partial charge in [-0.1, -0.05) is 23.7 Å². The number of halogens is 1. The summed E-state index contributed by atoms with van der Waals surface area (Å²) in [4.78, 5) is 54.8. The van der Waals surface area contributed by atoms with E-state index < -0.39 is 24.0 Å². The first kappa shape index (κ1) is 21.1. The average Bonchev–Trinajstić information content (AvgIpc) is 3.10. The van der Waals surface area contributed by atoms with Crippen molar-refractivity contribution in [2.75, 3.05) is 11.5 Å². The lowest BCUT2D eigenvalue weighted by atomic mass is 9.95. The van der Waals surface area contributed by atoms with Gasteiger partial charge in [-0.05, 0) is 50.2 Å². The minimum absolute atomic E-state index is 0.0884. The van der Waals surface area contributed by atoms with Crippen LogP contribution in [0.4, 0.5) is 5.69 Å². The maximum atomic E-state index is 13.4. The van der Waals surface area contributed by atoms with Gasteiger partial charge in [-0.15, -0.1) is 0 Å². The van der Waals surface area contributed by atoms with Gasteiger partial charge < -0.3 is 9.64 Å². The number of rotatable bonds is 5. The van der Waals surface area contributed by atoms with Crippen molar-refractivity contribution in [3.8, 4) is 0 Å². The number of benzene rings is 2. The lowest BCUT2D eigenvalue weighted by Gasteiger charge is -2.50. The maximum absolute atomic E-state index is 13.4. The van der Waals surface area contributed by atoms with Crippen LogP contribution in [0.2, 0.25) is 5.02 Å². The normalized spacial score (nSPS) is 20.0. The summed E-state index contributed by atoms with van der Waals surface area (Å²) in [7, 11) is 0. The first-order valence-electron chi connectivity index (χ1n) is 9.99. The molecule has 1 saturated heterocycles. The van der Waals surface area contributed by atoms with E-state index in [0.717, 1.165) is 0 Å². The maximum Gasteiger partial charge on any atom is 0.354 e. The van der Waals surface area contributed by atoms with Crippen LogP contribution in [0.3, 0.4) is 0 Å². The number of esters is 1. The number of fused-ring (bicyclic) bond motifs is 3. The third-order valence-corrected chi connectivity index (χ3v) is 5.90. The van der Waals surface area contributed by atoms with Crippen molar-refractivity contribution < 1.29 is 23.9 Å². The molecule has 2 aromatic carbocycles. The highest BCUT2D eigenvalue weighted by molar-refractivity contribution is 6.30. The van der Waals surface area contributed by atoms with Gasteiger partial charge in [0.2, 0.25) is 11.6 Å². The molecule has 2 aromatic rings. The Bertz CT molecular complexity index is 1080. The Morgan fingerprint density at radius 2 is 1.77 bits per heavy atom. The van der Waals surface area contributed by atoms with Gasteiger partial charge in [-0.25, -0.2) is 4.79 Å². The number of carbonyl (C=O) groups is 4. The van der Waals surface area contributed by atoms with E-state index in [1.165, 1.54) is 9.80 Å². The van der Waals surface area contributed by atoms with Crippen LogP contribution in [0.15, 0.2) is 48.5 Å². The van der Waals surface area contributed by atoms with E-state index in [2.05, 4.69) is 0 Å². The molecule has 0 saturated carbocycles. The zero-order valence-electron chi connectivity index (χ0n) is 17.1. The summed E-state index contributed by atoms with van der Waals surface area (Å²) in [6, 6.07) is 12.6. The van der Waals surface area contributed by atoms with Gasteiger partial charge in [-0.3, -0.25) is 19.3 Å². The zero-order valence-corrected chi connectivity index (χ0v) is 17.9. The number of anilines is 1. The van der Waals surface area contributed by atoms with E-state index in [1.807, 2.05) is 0 Å². The summed E-state index contributed by atoms with van der Waals surface area (Å²) >= 11 is 5.85. The predicted molar refractivity (Wildman–Crippen MR) is 114 cm³/mol. The minimum Gasteiger partial charge on any atom is -0.454 e. The van der Waals surface area contributed by atoms with Crippen molar-refractivity contribution in [2.45, 2.75) is 38.4 Å². The van der Waals surface area contributed by atoms with E-state index in [1.54, 1.807) is 62.4 Å². The Kier molecular flexibility index (Phi) is 5.31. The molecule has 1 atom stereocenters. The van der Waals surface area contributed by atoms with E-state index in [4.69, 9.17) is 16.3 Å². The van der Waals surface area contributed by atoms with Crippen LogP contribution in [-0.2, 0) is 14.3 Å². The number of Topliss-reactive ketones (excluding diaryl/α,β-unsaturated/α-hetero) is 1. The molecule has 4 rings (SSSR count). The molecule has 160 valence electrons. The first-order valence-corrected chi connectivity index (χ1v) is 10.4. The summed E-state index contributed by atoms with van der Waals surface area (Å²) in [5, 5.41) is 0.486. The van der Waals surface area contributed by atoms with Gasteiger partial charge in [-0.2, -0.15) is 0 Å². The minimum atomic E-state index is -1.61. The molecule has 0 spiro atoms. The second-order valence-electron chi connectivity index (χ2n) is 7.84. The molecule has 2 aliphatic heterocycles.